The van der Waals surface area contributed by atoms with Gasteiger partial charge in [0.2, 0.25) is 0 Å². The van der Waals surface area contributed by atoms with Crippen LogP contribution in [0.25, 0.3) is 0 Å². The molecule has 0 saturated heterocycles. The van der Waals surface area contributed by atoms with E-state index in [2.05, 4.69) is 21.5 Å². The van der Waals surface area contributed by atoms with Crippen molar-refractivity contribution in [3.63, 3.8) is 0 Å². The lowest BCUT2D eigenvalue weighted by Gasteiger charge is -2.06. The first kappa shape index (κ1) is 14.8. The van der Waals surface area contributed by atoms with Gasteiger partial charge in [-0.05, 0) is 12.1 Å². The van der Waals surface area contributed by atoms with Gasteiger partial charge in [-0.1, -0.05) is 46.9 Å². The Kier molecular flexibility index (Phi) is 4.62. The highest BCUT2D eigenvalue weighted by Crippen LogP contribution is 2.25. The highest BCUT2D eigenvalue weighted by molar-refractivity contribution is 7.93. The summed E-state index contributed by atoms with van der Waals surface area (Å²) in [6.45, 7) is 0.235. The lowest BCUT2D eigenvalue weighted by Crippen LogP contribution is -2.13. The minimum atomic E-state index is -3.76. The maximum Gasteiger partial charge on any atom is 0.265 e. The maximum absolute atomic E-state index is 12.2. The molecule has 0 bridgehead atoms. The monoisotopic (exact) mass is 327 g/mol. The van der Waals surface area contributed by atoms with E-state index in [-0.39, 0.29) is 21.6 Å². The molecule has 5 nitrogen and oxygen atoms in total. The lowest BCUT2D eigenvalue weighted by atomic mass is 10.4. The summed E-state index contributed by atoms with van der Waals surface area (Å²) in [5.41, 5.74) is 5.26. The standard InChI is InChI=1S/C12H10ClN3O2S2/c13-10-5-1-2-6-11(10)20(17,18)16-12-15-8-9(19-12)4-3-7-14/h1-2,5-6,8H,7,14H2,(H,15,16). The number of nitrogens with two attached hydrogens (primary N) is 1. The number of aromatic nitrogens is 1. The van der Waals surface area contributed by atoms with Crippen LogP contribution in [0.15, 0.2) is 35.4 Å². The third kappa shape index (κ3) is 3.49. The van der Waals surface area contributed by atoms with E-state index in [1.54, 1.807) is 12.1 Å². The number of halogens is 1. The minimum Gasteiger partial charge on any atom is -0.320 e. The predicted molar refractivity (Wildman–Crippen MR) is 80.3 cm³/mol. The fourth-order valence-electron chi connectivity index (χ4n) is 1.35. The Labute approximate surface area is 125 Å². The van der Waals surface area contributed by atoms with Gasteiger partial charge >= 0.3 is 0 Å². The molecule has 0 aliphatic rings. The molecule has 104 valence electrons. The van der Waals surface area contributed by atoms with Crippen molar-refractivity contribution in [2.75, 3.05) is 11.3 Å². The molecule has 8 heteroatoms. The summed E-state index contributed by atoms with van der Waals surface area (Å²) in [7, 11) is -3.76. The zero-order valence-electron chi connectivity index (χ0n) is 10.1. The molecule has 0 atom stereocenters. The van der Waals surface area contributed by atoms with Gasteiger partial charge in [-0.2, -0.15) is 0 Å². The van der Waals surface area contributed by atoms with Crippen LogP contribution in [0.4, 0.5) is 5.13 Å². The molecule has 0 aliphatic heterocycles. The number of hydrogen-bond donors (Lipinski definition) is 2. The van der Waals surface area contributed by atoms with Gasteiger partial charge in [0.15, 0.2) is 5.13 Å². The normalized spacial score (nSPS) is 10.7. The van der Waals surface area contributed by atoms with Gasteiger partial charge in [0.05, 0.1) is 22.6 Å². The Bertz CT molecular complexity index is 775. The maximum atomic E-state index is 12.2. The topological polar surface area (TPSA) is 85.1 Å². The number of hydrogen-bond acceptors (Lipinski definition) is 5. The fraction of sp³-hybridized carbons (Fsp3) is 0.0833. The first-order chi connectivity index (χ1) is 9.53. The van der Waals surface area contributed by atoms with E-state index in [1.807, 2.05) is 0 Å². The van der Waals surface area contributed by atoms with E-state index in [0.717, 1.165) is 11.3 Å². The summed E-state index contributed by atoms with van der Waals surface area (Å²) in [6, 6.07) is 6.19. The number of benzene rings is 1. The van der Waals surface area contributed by atoms with Crippen LogP contribution in [0.2, 0.25) is 5.02 Å². The zero-order valence-corrected chi connectivity index (χ0v) is 12.5. The van der Waals surface area contributed by atoms with Crippen LogP contribution >= 0.6 is 22.9 Å². The largest absolute Gasteiger partial charge is 0.320 e. The molecule has 20 heavy (non-hydrogen) atoms. The molecule has 0 radical (unpaired) electrons. The first-order valence-corrected chi connectivity index (χ1v) is 8.13. The van der Waals surface area contributed by atoms with E-state index >= 15 is 0 Å². The van der Waals surface area contributed by atoms with Gasteiger partial charge in [-0.15, -0.1) is 0 Å². The van der Waals surface area contributed by atoms with Crippen LogP contribution in [-0.2, 0) is 10.0 Å². The van der Waals surface area contributed by atoms with Gasteiger partial charge in [-0.3, -0.25) is 4.72 Å². The van der Waals surface area contributed by atoms with Gasteiger partial charge in [0, 0.05) is 0 Å². The van der Waals surface area contributed by atoms with Gasteiger partial charge < -0.3 is 5.73 Å². The van der Waals surface area contributed by atoms with E-state index in [1.165, 1.54) is 18.3 Å². The highest BCUT2D eigenvalue weighted by atomic mass is 35.5. The van der Waals surface area contributed by atoms with Crippen LogP contribution in [0.5, 0.6) is 0 Å². The number of nitrogens with one attached hydrogen (secondary N) is 1. The Morgan fingerprint density at radius 3 is 2.85 bits per heavy atom. The van der Waals surface area contributed by atoms with Gasteiger partial charge in [0.25, 0.3) is 10.0 Å². The Morgan fingerprint density at radius 1 is 1.40 bits per heavy atom. The number of nitrogens with zero attached hydrogens (tertiary/aromatic N) is 1. The molecule has 0 aliphatic carbocycles. The van der Waals surface area contributed by atoms with Crippen molar-refractivity contribution in [3.05, 3.63) is 40.4 Å². The van der Waals surface area contributed by atoms with Gasteiger partial charge in [-0.25, -0.2) is 13.4 Å². The number of anilines is 1. The van der Waals surface area contributed by atoms with Crippen molar-refractivity contribution < 1.29 is 8.42 Å². The van der Waals surface area contributed by atoms with Crippen LogP contribution in [0.1, 0.15) is 4.88 Å². The van der Waals surface area contributed by atoms with E-state index in [9.17, 15) is 8.42 Å². The number of thiazole rings is 1. The van der Waals surface area contributed by atoms with Crippen LogP contribution in [0, 0.1) is 11.8 Å². The Balaban J connectivity index is 2.25. The van der Waals surface area contributed by atoms with E-state index in [4.69, 9.17) is 17.3 Å². The summed E-state index contributed by atoms with van der Waals surface area (Å²) in [5, 5.41) is 0.381. The summed E-state index contributed by atoms with van der Waals surface area (Å²) < 4.78 is 26.7. The van der Waals surface area contributed by atoms with Crippen molar-refractivity contribution in [1.82, 2.24) is 4.98 Å². The van der Waals surface area contributed by atoms with Crippen molar-refractivity contribution in [1.29, 1.82) is 0 Å². The predicted octanol–water partition coefficient (Wildman–Crippen LogP) is 1.91. The van der Waals surface area contributed by atoms with Crippen LogP contribution in [0.3, 0.4) is 0 Å². The lowest BCUT2D eigenvalue weighted by molar-refractivity contribution is 0.601. The van der Waals surface area contributed by atoms with Crippen LogP contribution < -0.4 is 10.5 Å². The number of sulfonamides is 1. The molecular formula is C12H10ClN3O2S2. The third-order valence-electron chi connectivity index (χ3n) is 2.17. The second kappa shape index (κ2) is 6.24. The van der Waals surface area contributed by atoms with Crippen molar-refractivity contribution in [2.24, 2.45) is 5.73 Å². The molecule has 0 unspecified atom stereocenters. The molecule has 3 N–H and O–H groups in total. The van der Waals surface area contributed by atoms with Crippen molar-refractivity contribution >= 4 is 38.1 Å². The summed E-state index contributed by atoms with van der Waals surface area (Å²) in [4.78, 5) is 4.59. The van der Waals surface area contributed by atoms with Crippen molar-refractivity contribution in [2.45, 2.75) is 4.90 Å². The first-order valence-electron chi connectivity index (χ1n) is 5.45. The van der Waals surface area contributed by atoms with Gasteiger partial charge in [0.1, 0.15) is 4.90 Å². The molecule has 0 spiro atoms. The summed E-state index contributed by atoms with van der Waals surface area (Å²) in [6.07, 6.45) is 1.48. The van der Waals surface area contributed by atoms with Crippen molar-refractivity contribution in [3.8, 4) is 11.8 Å². The average molecular weight is 328 g/mol. The minimum absolute atomic E-state index is 0.00598. The van der Waals surface area contributed by atoms with E-state index < -0.39 is 10.0 Å². The molecule has 0 amide bonds. The molecule has 2 aromatic rings. The van der Waals surface area contributed by atoms with Crippen LogP contribution in [-0.4, -0.2) is 19.9 Å². The molecule has 0 fully saturated rings. The molecule has 0 saturated carbocycles. The molecule has 1 aromatic carbocycles. The Hall–Kier alpha value is -1.59. The molecule has 1 heterocycles. The molecular weight excluding hydrogens is 318 g/mol. The summed E-state index contributed by atoms with van der Waals surface area (Å²) >= 11 is 7.00. The third-order valence-corrected chi connectivity index (χ3v) is 4.96. The summed E-state index contributed by atoms with van der Waals surface area (Å²) in [5.74, 6) is 5.45. The van der Waals surface area contributed by atoms with E-state index in [0.29, 0.717) is 4.88 Å². The zero-order chi connectivity index (χ0) is 14.6. The molecule has 2 rings (SSSR count). The molecule has 1 aromatic heterocycles. The SMILES string of the molecule is NCC#Cc1cnc(NS(=O)(=O)c2ccccc2Cl)s1. The average Bonchev–Trinajstić information content (AvgIpc) is 2.83. The second-order valence-corrected chi connectivity index (χ2v) is 6.66. The smallest absolute Gasteiger partial charge is 0.265 e. The number of rotatable bonds is 3. The second-order valence-electron chi connectivity index (χ2n) is 3.57. The quantitative estimate of drug-likeness (QED) is 0.843. The Morgan fingerprint density at radius 2 is 2.15 bits per heavy atom. The highest BCUT2D eigenvalue weighted by Gasteiger charge is 2.18. The fourth-order valence-corrected chi connectivity index (χ4v) is 3.80.